The predicted molar refractivity (Wildman–Crippen MR) is 81.2 cm³/mol. The van der Waals surface area contributed by atoms with Crippen molar-refractivity contribution in [3.05, 3.63) is 42.0 Å². The van der Waals surface area contributed by atoms with Crippen LogP contribution in [0.4, 0.5) is 0 Å². The molecule has 0 spiro atoms. The van der Waals surface area contributed by atoms with Gasteiger partial charge < -0.3 is 4.74 Å². The Hall–Kier alpha value is -1.82. The molecule has 0 unspecified atom stereocenters. The predicted octanol–water partition coefficient (Wildman–Crippen LogP) is 2.95. The van der Waals surface area contributed by atoms with Crippen LogP contribution in [-0.2, 0) is 10.0 Å². The maximum Gasteiger partial charge on any atom is 0.269 e. The Kier molecular flexibility index (Phi) is 4.37. The second kappa shape index (κ2) is 5.89. The average Bonchev–Trinajstić information content (AvgIpc) is 2.91. The zero-order valence-corrected chi connectivity index (χ0v) is 13.5. The van der Waals surface area contributed by atoms with E-state index in [0.717, 1.165) is 5.56 Å². The summed E-state index contributed by atoms with van der Waals surface area (Å²) in [6.45, 7) is 8.10. The second-order valence-electron chi connectivity index (χ2n) is 5.10. The Morgan fingerprint density at radius 2 is 2.05 bits per heavy atom. The second-order valence-corrected chi connectivity index (χ2v) is 6.92. The van der Waals surface area contributed by atoms with Gasteiger partial charge in [0.05, 0.1) is 11.5 Å². The van der Waals surface area contributed by atoms with Crippen molar-refractivity contribution in [2.45, 2.75) is 38.5 Å². The van der Waals surface area contributed by atoms with Gasteiger partial charge in [0.25, 0.3) is 10.0 Å². The summed E-state index contributed by atoms with van der Waals surface area (Å²) in [7, 11) is -3.63. The minimum absolute atomic E-state index is 0.0265. The third kappa shape index (κ3) is 2.95. The maximum atomic E-state index is 12.7. The van der Waals surface area contributed by atoms with Gasteiger partial charge in [-0.2, -0.15) is 0 Å². The first-order valence-electron chi connectivity index (χ1n) is 6.90. The first kappa shape index (κ1) is 15.6. The molecule has 1 heterocycles. The number of imidazole rings is 1. The number of rotatable bonds is 5. The maximum absolute atomic E-state index is 12.7. The molecule has 0 aliphatic rings. The van der Waals surface area contributed by atoms with Gasteiger partial charge in [-0.25, -0.2) is 17.4 Å². The Balaban J connectivity index is 2.49. The van der Waals surface area contributed by atoms with Crippen LogP contribution in [0.2, 0.25) is 0 Å². The lowest BCUT2D eigenvalue weighted by atomic mass is 10.2. The number of nitrogens with zero attached hydrogens (tertiary/aromatic N) is 2. The number of aryl methyl sites for hydroxylation is 1. The van der Waals surface area contributed by atoms with Crippen molar-refractivity contribution < 1.29 is 13.2 Å². The van der Waals surface area contributed by atoms with Crippen molar-refractivity contribution in [2.24, 2.45) is 0 Å². The summed E-state index contributed by atoms with van der Waals surface area (Å²) in [4.78, 5) is 4.38. The first-order valence-corrected chi connectivity index (χ1v) is 8.34. The zero-order chi connectivity index (χ0) is 15.6. The number of benzene rings is 1. The Labute approximate surface area is 125 Å². The molecule has 0 radical (unpaired) electrons. The van der Waals surface area contributed by atoms with Crippen molar-refractivity contribution in [3.63, 3.8) is 0 Å². The molecule has 2 rings (SSSR count). The van der Waals surface area contributed by atoms with Crippen molar-refractivity contribution in [2.75, 3.05) is 6.61 Å². The third-order valence-electron chi connectivity index (χ3n) is 3.15. The SMILES string of the molecule is CCOc1ccc(S(=O)(=O)n2ccnc2C(C)C)cc1C. The Morgan fingerprint density at radius 1 is 1.33 bits per heavy atom. The molecule has 0 N–H and O–H groups in total. The molecule has 114 valence electrons. The van der Waals surface area contributed by atoms with Gasteiger partial charge in [-0.1, -0.05) is 13.8 Å². The largest absolute Gasteiger partial charge is 0.494 e. The molecule has 5 nitrogen and oxygen atoms in total. The molecule has 1 aromatic carbocycles. The van der Waals surface area contributed by atoms with Gasteiger partial charge in [-0.05, 0) is 37.6 Å². The highest BCUT2D eigenvalue weighted by atomic mass is 32.2. The Bertz CT molecular complexity index is 733. The summed E-state index contributed by atoms with van der Waals surface area (Å²) in [6, 6.07) is 4.89. The van der Waals surface area contributed by atoms with Crippen LogP contribution in [0, 0.1) is 6.92 Å². The smallest absolute Gasteiger partial charge is 0.269 e. The fourth-order valence-corrected chi connectivity index (χ4v) is 3.64. The average molecular weight is 308 g/mol. The molecule has 0 bridgehead atoms. The first-order chi connectivity index (χ1) is 9.87. The lowest BCUT2D eigenvalue weighted by Gasteiger charge is -2.13. The molecule has 0 atom stereocenters. The fraction of sp³-hybridized carbons (Fsp3) is 0.400. The number of ether oxygens (including phenoxy) is 1. The molecule has 1 aromatic heterocycles. The van der Waals surface area contributed by atoms with E-state index in [1.807, 2.05) is 27.7 Å². The fourth-order valence-electron chi connectivity index (χ4n) is 2.12. The quantitative estimate of drug-likeness (QED) is 0.852. The van der Waals surface area contributed by atoms with E-state index < -0.39 is 10.0 Å². The minimum atomic E-state index is -3.63. The minimum Gasteiger partial charge on any atom is -0.494 e. The zero-order valence-electron chi connectivity index (χ0n) is 12.7. The van der Waals surface area contributed by atoms with E-state index in [9.17, 15) is 8.42 Å². The van der Waals surface area contributed by atoms with Gasteiger partial charge in [0.15, 0.2) is 0 Å². The lowest BCUT2D eigenvalue weighted by molar-refractivity contribution is 0.337. The molecule has 0 fully saturated rings. The topological polar surface area (TPSA) is 61.2 Å². The van der Waals surface area contributed by atoms with Gasteiger partial charge >= 0.3 is 0 Å². The summed E-state index contributed by atoms with van der Waals surface area (Å²) in [5.74, 6) is 1.26. The van der Waals surface area contributed by atoms with Gasteiger partial charge in [-0.3, -0.25) is 0 Å². The van der Waals surface area contributed by atoms with E-state index in [2.05, 4.69) is 4.98 Å². The van der Waals surface area contributed by atoms with E-state index in [1.54, 1.807) is 18.2 Å². The van der Waals surface area contributed by atoms with Crippen LogP contribution in [0.15, 0.2) is 35.5 Å². The van der Waals surface area contributed by atoms with Crippen molar-refractivity contribution in [1.82, 2.24) is 8.96 Å². The molecule has 2 aromatic rings. The number of aromatic nitrogens is 2. The summed E-state index contributed by atoms with van der Waals surface area (Å²) in [5, 5.41) is 0. The van der Waals surface area contributed by atoms with Gasteiger partial charge in [0.1, 0.15) is 11.6 Å². The molecule has 0 saturated carbocycles. The van der Waals surface area contributed by atoms with E-state index in [1.165, 1.54) is 16.4 Å². The lowest BCUT2D eigenvalue weighted by Crippen LogP contribution is -2.16. The van der Waals surface area contributed by atoms with Gasteiger partial charge in [0.2, 0.25) is 0 Å². The van der Waals surface area contributed by atoms with Crippen LogP contribution in [0.3, 0.4) is 0 Å². The van der Waals surface area contributed by atoms with Gasteiger partial charge in [0, 0.05) is 18.3 Å². The molecule has 21 heavy (non-hydrogen) atoms. The number of hydrogen-bond acceptors (Lipinski definition) is 4. The Morgan fingerprint density at radius 3 is 2.62 bits per heavy atom. The van der Waals surface area contributed by atoms with E-state index >= 15 is 0 Å². The third-order valence-corrected chi connectivity index (χ3v) is 4.83. The molecular formula is C15H20N2O3S. The van der Waals surface area contributed by atoms with E-state index in [4.69, 9.17) is 4.74 Å². The van der Waals surface area contributed by atoms with E-state index in [0.29, 0.717) is 18.2 Å². The highest BCUT2D eigenvalue weighted by Crippen LogP contribution is 2.25. The summed E-state index contributed by atoms with van der Waals surface area (Å²) in [5.41, 5.74) is 0.795. The van der Waals surface area contributed by atoms with Crippen LogP contribution < -0.4 is 4.74 Å². The normalized spacial score (nSPS) is 11.9. The highest BCUT2D eigenvalue weighted by Gasteiger charge is 2.22. The van der Waals surface area contributed by atoms with Crippen molar-refractivity contribution >= 4 is 10.0 Å². The molecule has 0 amide bonds. The number of hydrogen-bond donors (Lipinski definition) is 0. The molecule has 0 aliphatic carbocycles. The highest BCUT2D eigenvalue weighted by molar-refractivity contribution is 7.90. The van der Waals surface area contributed by atoms with Crippen LogP contribution in [0.1, 0.15) is 38.1 Å². The van der Waals surface area contributed by atoms with Crippen molar-refractivity contribution in [1.29, 1.82) is 0 Å². The van der Waals surface area contributed by atoms with Crippen LogP contribution in [0.5, 0.6) is 5.75 Å². The monoisotopic (exact) mass is 308 g/mol. The van der Waals surface area contributed by atoms with Crippen LogP contribution in [-0.4, -0.2) is 24.0 Å². The molecule has 0 aliphatic heterocycles. The molecule has 6 heteroatoms. The molecular weight excluding hydrogens is 288 g/mol. The van der Waals surface area contributed by atoms with Crippen molar-refractivity contribution in [3.8, 4) is 5.75 Å². The van der Waals surface area contributed by atoms with Crippen LogP contribution in [0.25, 0.3) is 0 Å². The van der Waals surface area contributed by atoms with Crippen LogP contribution >= 0.6 is 0 Å². The van der Waals surface area contributed by atoms with E-state index in [-0.39, 0.29) is 10.8 Å². The summed E-state index contributed by atoms with van der Waals surface area (Å²) >= 11 is 0. The standard InChI is InChI=1S/C15H20N2O3S/c1-5-20-14-7-6-13(10-12(14)4)21(18,19)17-9-8-16-15(17)11(2)3/h6-11H,5H2,1-4H3. The molecule has 0 saturated heterocycles. The van der Waals surface area contributed by atoms with Gasteiger partial charge in [-0.15, -0.1) is 0 Å². The summed E-state index contributed by atoms with van der Waals surface area (Å²) in [6.07, 6.45) is 2.99. The summed E-state index contributed by atoms with van der Waals surface area (Å²) < 4.78 is 32.1.